The number of pyridine rings is 1. The van der Waals surface area contributed by atoms with Crippen molar-refractivity contribution in [3.05, 3.63) is 42.7 Å². The highest BCUT2D eigenvalue weighted by Gasteiger charge is 2.07. The highest BCUT2D eigenvalue weighted by Crippen LogP contribution is 2.11. The van der Waals surface area contributed by atoms with Gasteiger partial charge in [0.2, 0.25) is 0 Å². The molecule has 0 aliphatic rings. The number of aromatic nitrogens is 1. The van der Waals surface area contributed by atoms with Crippen LogP contribution < -0.4 is 5.32 Å². The average molecular weight is 274 g/mol. The molecule has 1 heterocycles. The molecule has 0 spiro atoms. The second kappa shape index (κ2) is 11.7. The average Bonchev–Trinajstić information content (AvgIpc) is 2.50. The maximum absolute atomic E-state index is 4.19. The van der Waals surface area contributed by atoms with Crippen LogP contribution in [0, 0.1) is 0 Å². The van der Waals surface area contributed by atoms with E-state index in [0.717, 1.165) is 19.4 Å². The maximum Gasteiger partial charge on any atom is 0.0299 e. The molecule has 1 N–H and O–H groups in total. The van der Waals surface area contributed by atoms with Crippen LogP contribution in [0.4, 0.5) is 0 Å². The number of unbranched alkanes of at least 4 members (excludes halogenated alkanes) is 3. The van der Waals surface area contributed by atoms with E-state index < -0.39 is 0 Å². The third kappa shape index (κ3) is 8.11. The van der Waals surface area contributed by atoms with E-state index in [1.54, 1.807) is 0 Å². The van der Waals surface area contributed by atoms with Crippen molar-refractivity contribution in [3.8, 4) is 0 Å². The van der Waals surface area contributed by atoms with Gasteiger partial charge in [0.25, 0.3) is 0 Å². The Morgan fingerprint density at radius 3 is 2.90 bits per heavy atom. The molecular formula is C18H30N2. The molecule has 2 nitrogen and oxygen atoms in total. The molecule has 112 valence electrons. The van der Waals surface area contributed by atoms with Crippen molar-refractivity contribution in [2.45, 2.75) is 64.3 Å². The molecule has 1 aromatic rings. The van der Waals surface area contributed by atoms with Crippen molar-refractivity contribution in [1.29, 1.82) is 0 Å². The van der Waals surface area contributed by atoms with E-state index in [1.807, 2.05) is 24.5 Å². The van der Waals surface area contributed by atoms with Crippen LogP contribution in [-0.2, 0) is 6.42 Å². The molecule has 0 amide bonds. The third-order valence-corrected chi connectivity index (χ3v) is 3.65. The van der Waals surface area contributed by atoms with E-state index in [2.05, 4.69) is 29.9 Å². The Bertz CT molecular complexity index is 335. The smallest absolute Gasteiger partial charge is 0.0299 e. The Hall–Kier alpha value is -1.15. The topological polar surface area (TPSA) is 24.9 Å². The highest BCUT2D eigenvalue weighted by atomic mass is 14.9. The zero-order valence-corrected chi connectivity index (χ0v) is 13.0. The molecular weight excluding hydrogens is 244 g/mol. The van der Waals surface area contributed by atoms with Crippen LogP contribution >= 0.6 is 0 Å². The van der Waals surface area contributed by atoms with Gasteiger partial charge in [-0.25, -0.2) is 0 Å². The molecule has 0 aliphatic carbocycles. The van der Waals surface area contributed by atoms with Gasteiger partial charge in [0.15, 0.2) is 0 Å². The molecule has 1 unspecified atom stereocenters. The minimum absolute atomic E-state index is 0.652. The zero-order valence-electron chi connectivity index (χ0n) is 13.0. The summed E-state index contributed by atoms with van der Waals surface area (Å²) >= 11 is 0. The van der Waals surface area contributed by atoms with Gasteiger partial charge >= 0.3 is 0 Å². The van der Waals surface area contributed by atoms with Crippen molar-refractivity contribution in [1.82, 2.24) is 10.3 Å². The first-order valence-corrected chi connectivity index (χ1v) is 8.10. The number of hydrogen-bond acceptors (Lipinski definition) is 2. The highest BCUT2D eigenvalue weighted by molar-refractivity contribution is 5.08. The first kappa shape index (κ1) is 16.9. The molecule has 0 saturated carbocycles. The van der Waals surface area contributed by atoms with Crippen LogP contribution in [0.2, 0.25) is 0 Å². The Labute approximate surface area is 124 Å². The van der Waals surface area contributed by atoms with Gasteiger partial charge in [0.05, 0.1) is 0 Å². The summed E-state index contributed by atoms with van der Waals surface area (Å²) in [5.74, 6) is 0. The third-order valence-electron chi connectivity index (χ3n) is 3.65. The molecule has 2 heteroatoms. The van der Waals surface area contributed by atoms with Gasteiger partial charge in [-0.3, -0.25) is 4.98 Å². The minimum atomic E-state index is 0.652. The summed E-state index contributed by atoms with van der Waals surface area (Å²) in [5.41, 5.74) is 1.35. The molecule has 0 radical (unpaired) electrons. The Morgan fingerprint density at radius 2 is 2.20 bits per heavy atom. The Morgan fingerprint density at radius 1 is 1.30 bits per heavy atom. The van der Waals surface area contributed by atoms with E-state index in [9.17, 15) is 0 Å². The summed E-state index contributed by atoms with van der Waals surface area (Å²) in [5, 5.41) is 3.69. The quantitative estimate of drug-likeness (QED) is 0.448. The molecule has 0 fully saturated rings. The number of aryl methyl sites for hydroxylation is 1. The lowest BCUT2D eigenvalue weighted by Crippen LogP contribution is -2.30. The van der Waals surface area contributed by atoms with E-state index in [0.29, 0.717) is 6.04 Å². The van der Waals surface area contributed by atoms with Crippen molar-refractivity contribution >= 4 is 0 Å². The number of hydrogen-bond donors (Lipinski definition) is 1. The molecule has 1 rings (SSSR count). The second-order valence-corrected chi connectivity index (χ2v) is 5.48. The van der Waals surface area contributed by atoms with Gasteiger partial charge in [0, 0.05) is 18.4 Å². The first-order valence-electron chi connectivity index (χ1n) is 8.10. The summed E-state index contributed by atoms with van der Waals surface area (Å²) in [4.78, 5) is 4.19. The standard InChI is InChI=1S/C18H30N2/c1-3-5-6-7-8-11-18(20-14-4-2)13-12-17-10-9-15-19-16-17/h3,9-10,15-16,18,20H,1,4-8,11-14H2,2H3. The fraction of sp³-hybridized carbons (Fsp3) is 0.611. The number of nitrogens with one attached hydrogen (secondary N) is 1. The van der Waals surface area contributed by atoms with E-state index in [-0.39, 0.29) is 0 Å². The fourth-order valence-corrected chi connectivity index (χ4v) is 2.44. The van der Waals surface area contributed by atoms with Crippen LogP contribution in [0.5, 0.6) is 0 Å². The van der Waals surface area contributed by atoms with E-state index >= 15 is 0 Å². The summed E-state index contributed by atoms with van der Waals surface area (Å²) < 4.78 is 0. The van der Waals surface area contributed by atoms with Crippen LogP contribution in [-0.4, -0.2) is 17.6 Å². The van der Waals surface area contributed by atoms with E-state index in [4.69, 9.17) is 0 Å². The van der Waals surface area contributed by atoms with Crippen LogP contribution in [0.1, 0.15) is 57.4 Å². The summed E-state index contributed by atoms with van der Waals surface area (Å²) in [6.45, 7) is 7.14. The van der Waals surface area contributed by atoms with Gasteiger partial charge < -0.3 is 5.32 Å². The predicted molar refractivity (Wildman–Crippen MR) is 87.9 cm³/mol. The summed E-state index contributed by atoms with van der Waals surface area (Å²) in [7, 11) is 0. The second-order valence-electron chi connectivity index (χ2n) is 5.48. The predicted octanol–water partition coefficient (Wildman–Crippen LogP) is 4.52. The zero-order chi connectivity index (χ0) is 14.5. The summed E-state index contributed by atoms with van der Waals surface area (Å²) in [6.07, 6.45) is 15.8. The summed E-state index contributed by atoms with van der Waals surface area (Å²) in [6, 6.07) is 4.85. The van der Waals surface area contributed by atoms with E-state index in [1.165, 1.54) is 44.1 Å². The number of nitrogens with zero attached hydrogens (tertiary/aromatic N) is 1. The maximum atomic E-state index is 4.19. The fourth-order valence-electron chi connectivity index (χ4n) is 2.44. The van der Waals surface area contributed by atoms with Crippen molar-refractivity contribution in [2.24, 2.45) is 0 Å². The van der Waals surface area contributed by atoms with Crippen LogP contribution in [0.3, 0.4) is 0 Å². The molecule has 1 aromatic heterocycles. The van der Waals surface area contributed by atoms with Gasteiger partial charge in [0.1, 0.15) is 0 Å². The monoisotopic (exact) mass is 274 g/mol. The van der Waals surface area contributed by atoms with Crippen LogP contribution in [0.25, 0.3) is 0 Å². The van der Waals surface area contributed by atoms with Gasteiger partial charge in [-0.05, 0) is 56.7 Å². The number of allylic oxidation sites excluding steroid dienone is 1. The van der Waals surface area contributed by atoms with Gasteiger partial charge in [-0.2, -0.15) is 0 Å². The first-order chi connectivity index (χ1) is 9.86. The lowest BCUT2D eigenvalue weighted by molar-refractivity contribution is 0.433. The molecule has 0 bridgehead atoms. The van der Waals surface area contributed by atoms with Gasteiger partial charge in [-0.15, -0.1) is 6.58 Å². The van der Waals surface area contributed by atoms with Crippen molar-refractivity contribution < 1.29 is 0 Å². The largest absolute Gasteiger partial charge is 0.314 e. The molecule has 0 aromatic carbocycles. The molecule has 1 atom stereocenters. The normalized spacial score (nSPS) is 12.2. The Kier molecular flexibility index (Phi) is 9.85. The van der Waals surface area contributed by atoms with Crippen LogP contribution in [0.15, 0.2) is 37.2 Å². The number of rotatable bonds is 12. The Balaban J connectivity index is 2.25. The van der Waals surface area contributed by atoms with Crippen molar-refractivity contribution in [2.75, 3.05) is 6.54 Å². The lowest BCUT2D eigenvalue weighted by Gasteiger charge is -2.18. The minimum Gasteiger partial charge on any atom is -0.314 e. The molecule has 20 heavy (non-hydrogen) atoms. The molecule has 0 saturated heterocycles. The lowest BCUT2D eigenvalue weighted by atomic mass is 10.0. The van der Waals surface area contributed by atoms with Crippen molar-refractivity contribution in [3.63, 3.8) is 0 Å². The SMILES string of the molecule is C=CCCCCCC(CCc1cccnc1)NCCC. The van der Waals surface area contributed by atoms with Gasteiger partial charge in [-0.1, -0.05) is 31.9 Å². The molecule has 0 aliphatic heterocycles.